The number of hydrogen-bond acceptors (Lipinski definition) is 5. The van der Waals surface area contributed by atoms with Crippen molar-refractivity contribution in [1.82, 2.24) is 25.6 Å². The molecule has 8 heteroatoms. The highest BCUT2D eigenvalue weighted by atomic mass is 16.2. The second-order valence-corrected chi connectivity index (χ2v) is 8.19. The largest absolute Gasteiger partial charge is 0.347 e. The zero-order valence-electron chi connectivity index (χ0n) is 16.9. The number of benzene rings is 1. The first-order chi connectivity index (χ1) is 13.2. The van der Waals surface area contributed by atoms with Crippen molar-refractivity contribution in [2.24, 2.45) is 0 Å². The van der Waals surface area contributed by atoms with E-state index in [1.165, 1.54) is 0 Å². The summed E-state index contributed by atoms with van der Waals surface area (Å²) >= 11 is 0. The van der Waals surface area contributed by atoms with E-state index in [0.29, 0.717) is 16.9 Å². The summed E-state index contributed by atoms with van der Waals surface area (Å²) in [6, 6.07) is 7.13. The smallest absolute Gasteiger partial charge is 0.278 e. The number of anilines is 1. The number of nitrogens with one attached hydrogen (secondary N) is 3. The van der Waals surface area contributed by atoms with Crippen molar-refractivity contribution in [2.75, 3.05) is 18.4 Å². The molecule has 0 unspecified atom stereocenters. The van der Waals surface area contributed by atoms with Gasteiger partial charge in [0.15, 0.2) is 5.69 Å². The fourth-order valence-electron chi connectivity index (χ4n) is 3.29. The lowest BCUT2D eigenvalue weighted by atomic mass is 10.1. The first kappa shape index (κ1) is 20.0. The van der Waals surface area contributed by atoms with Gasteiger partial charge >= 0.3 is 0 Å². The summed E-state index contributed by atoms with van der Waals surface area (Å²) in [7, 11) is 0. The quantitative estimate of drug-likeness (QED) is 0.751. The molecule has 2 aromatic rings. The molecular formula is C20H28N6O2. The molecule has 0 bridgehead atoms. The fraction of sp³-hybridized carbons (Fsp3) is 0.500. The van der Waals surface area contributed by atoms with Crippen molar-refractivity contribution in [3.8, 4) is 0 Å². The van der Waals surface area contributed by atoms with Crippen molar-refractivity contribution >= 4 is 17.5 Å². The fourth-order valence-corrected chi connectivity index (χ4v) is 3.29. The SMILES string of the molecule is Cc1c(C(=O)Nc2cccc(C(=O)NC(C)(C)C)c2)nnn1C1CCNCC1. The number of aromatic nitrogens is 3. The van der Waals surface area contributed by atoms with Crippen molar-refractivity contribution in [1.29, 1.82) is 0 Å². The van der Waals surface area contributed by atoms with Crippen LogP contribution in [0, 0.1) is 6.92 Å². The summed E-state index contributed by atoms with van der Waals surface area (Å²) in [4.78, 5) is 25.0. The Balaban J connectivity index is 1.72. The Hall–Kier alpha value is -2.74. The van der Waals surface area contributed by atoms with E-state index in [4.69, 9.17) is 0 Å². The Morgan fingerprint density at radius 1 is 1.18 bits per heavy atom. The molecule has 1 fully saturated rings. The molecule has 0 aliphatic carbocycles. The molecule has 1 aromatic heterocycles. The van der Waals surface area contributed by atoms with Crippen LogP contribution < -0.4 is 16.0 Å². The zero-order chi connectivity index (χ0) is 20.3. The monoisotopic (exact) mass is 384 g/mol. The Kier molecular flexibility index (Phi) is 5.79. The minimum Gasteiger partial charge on any atom is -0.347 e. The van der Waals surface area contributed by atoms with Gasteiger partial charge in [0, 0.05) is 16.8 Å². The lowest BCUT2D eigenvalue weighted by Crippen LogP contribution is -2.40. The van der Waals surface area contributed by atoms with E-state index >= 15 is 0 Å². The highest BCUT2D eigenvalue weighted by Gasteiger charge is 2.23. The Morgan fingerprint density at radius 3 is 2.57 bits per heavy atom. The average Bonchev–Trinajstić information content (AvgIpc) is 3.03. The van der Waals surface area contributed by atoms with Gasteiger partial charge < -0.3 is 16.0 Å². The van der Waals surface area contributed by atoms with E-state index < -0.39 is 0 Å². The average molecular weight is 384 g/mol. The van der Waals surface area contributed by atoms with Gasteiger partial charge in [-0.05, 0) is 71.8 Å². The third-order valence-corrected chi connectivity index (χ3v) is 4.67. The van der Waals surface area contributed by atoms with Crippen LogP contribution in [0.15, 0.2) is 24.3 Å². The molecule has 1 aliphatic rings. The Bertz CT molecular complexity index is 862. The van der Waals surface area contributed by atoms with E-state index in [1.54, 1.807) is 24.3 Å². The summed E-state index contributed by atoms with van der Waals surface area (Å²) in [6.45, 7) is 9.51. The molecule has 2 heterocycles. The summed E-state index contributed by atoms with van der Waals surface area (Å²) in [6.07, 6.45) is 1.94. The maximum atomic E-state index is 12.7. The predicted molar refractivity (Wildman–Crippen MR) is 108 cm³/mol. The van der Waals surface area contributed by atoms with Gasteiger partial charge in [0.2, 0.25) is 0 Å². The van der Waals surface area contributed by atoms with Crippen molar-refractivity contribution in [3.05, 3.63) is 41.2 Å². The molecule has 0 atom stereocenters. The second kappa shape index (κ2) is 8.10. The molecule has 3 N–H and O–H groups in total. The number of hydrogen-bond donors (Lipinski definition) is 3. The normalized spacial score (nSPS) is 15.3. The molecule has 1 aromatic carbocycles. The van der Waals surface area contributed by atoms with Gasteiger partial charge in [-0.3, -0.25) is 9.59 Å². The first-order valence-corrected chi connectivity index (χ1v) is 9.61. The van der Waals surface area contributed by atoms with Crippen LogP contribution in [0.1, 0.15) is 66.2 Å². The number of rotatable bonds is 4. The first-order valence-electron chi connectivity index (χ1n) is 9.61. The maximum Gasteiger partial charge on any atom is 0.278 e. The van der Waals surface area contributed by atoms with Gasteiger partial charge in [-0.15, -0.1) is 5.10 Å². The van der Waals surface area contributed by atoms with E-state index in [-0.39, 0.29) is 23.4 Å². The summed E-state index contributed by atoms with van der Waals surface area (Å²) in [5.74, 6) is -0.511. The van der Waals surface area contributed by atoms with Crippen LogP contribution >= 0.6 is 0 Å². The summed E-state index contributed by atoms with van der Waals surface area (Å²) < 4.78 is 1.85. The standard InChI is InChI=1S/C20H28N6O2/c1-13-17(24-25-26(13)16-8-10-21-11-9-16)19(28)22-15-7-5-6-14(12-15)18(27)23-20(2,3)4/h5-7,12,16,21H,8-11H2,1-4H3,(H,22,28)(H,23,27). The maximum absolute atomic E-state index is 12.7. The minimum atomic E-state index is -0.333. The lowest BCUT2D eigenvalue weighted by Gasteiger charge is -2.23. The highest BCUT2D eigenvalue weighted by molar-refractivity contribution is 6.04. The molecule has 0 saturated carbocycles. The third-order valence-electron chi connectivity index (χ3n) is 4.67. The van der Waals surface area contributed by atoms with Crippen LogP contribution in [-0.2, 0) is 0 Å². The molecule has 1 saturated heterocycles. The molecule has 150 valence electrons. The molecule has 8 nitrogen and oxygen atoms in total. The van der Waals surface area contributed by atoms with E-state index in [1.807, 2.05) is 32.4 Å². The van der Waals surface area contributed by atoms with Crippen molar-refractivity contribution in [2.45, 2.75) is 52.1 Å². The molecule has 3 rings (SSSR count). The number of piperidine rings is 1. The van der Waals surface area contributed by atoms with Gasteiger partial charge in [-0.1, -0.05) is 11.3 Å². The van der Waals surface area contributed by atoms with Crippen LogP contribution in [0.4, 0.5) is 5.69 Å². The Labute approximate surface area is 165 Å². The van der Waals surface area contributed by atoms with E-state index in [9.17, 15) is 9.59 Å². The number of carbonyl (C=O) groups is 2. The molecule has 0 radical (unpaired) electrons. The van der Waals surface area contributed by atoms with Crippen LogP contribution in [0.3, 0.4) is 0 Å². The van der Waals surface area contributed by atoms with E-state index in [0.717, 1.165) is 31.6 Å². The minimum absolute atomic E-state index is 0.184. The molecule has 1 aliphatic heterocycles. The predicted octanol–water partition coefficient (Wildman–Crippen LogP) is 2.29. The zero-order valence-corrected chi connectivity index (χ0v) is 16.9. The van der Waals surface area contributed by atoms with Crippen LogP contribution in [0.25, 0.3) is 0 Å². The number of amides is 2. The third kappa shape index (κ3) is 4.75. The summed E-state index contributed by atoms with van der Waals surface area (Å²) in [5.41, 5.74) is 1.76. The van der Waals surface area contributed by atoms with Gasteiger partial charge in [-0.25, -0.2) is 4.68 Å². The van der Waals surface area contributed by atoms with Crippen LogP contribution in [0.5, 0.6) is 0 Å². The Morgan fingerprint density at radius 2 is 1.89 bits per heavy atom. The van der Waals surface area contributed by atoms with Crippen LogP contribution in [-0.4, -0.2) is 45.4 Å². The number of carbonyl (C=O) groups excluding carboxylic acids is 2. The van der Waals surface area contributed by atoms with Gasteiger partial charge in [0.05, 0.1) is 11.7 Å². The molecular weight excluding hydrogens is 356 g/mol. The van der Waals surface area contributed by atoms with E-state index in [2.05, 4.69) is 26.3 Å². The van der Waals surface area contributed by atoms with Gasteiger partial charge in [0.1, 0.15) is 0 Å². The van der Waals surface area contributed by atoms with Crippen molar-refractivity contribution in [3.63, 3.8) is 0 Å². The summed E-state index contributed by atoms with van der Waals surface area (Å²) in [5, 5.41) is 17.4. The van der Waals surface area contributed by atoms with Gasteiger partial charge in [0.25, 0.3) is 11.8 Å². The molecule has 2 amide bonds. The number of nitrogens with zero attached hydrogens (tertiary/aromatic N) is 3. The molecule has 0 spiro atoms. The molecule has 28 heavy (non-hydrogen) atoms. The van der Waals surface area contributed by atoms with Crippen molar-refractivity contribution < 1.29 is 9.59 Å². The lowest BCUT2D eigenvalue weighted by molar-refractivity contribution is 0.0918. The second-order valence-electron chi connectivity index (χ2n) is 8.19. The van der Waals surface area contributed by atoms with Crippen LogP contribution in [0.2, 0.25) is 0 Å². The highest BCUT2D eigenvalue weighted by Crippen LogP contribution is 2.21. The van der Waals surface area contributed by atoms with Gasteiger partial charge in [-0.2, -0.15) is 0 Å². The topological polar surface area (TPSA) is 101 Å².